The number of hydrogen-bond acceptors (Lipinski definition) is 5. The Morgan fingerprint density at radius 1 is 1.33 bits per heavy atom. The third-order valence-electron chi connectivity index (χ3n) is 2.62. The topological polar surface area (TPSA) is 68.9 Å². The van der Waals surface area contributed by atoms with Gasteiger partial charge < -0.3 is 9.88 Å². The smallest absolute Gasteiger partial charge is 0.307 e. The van der Waals surface area contributed by atoms with Crippen LogP contribution in [0.4, 0.5) is 0 Å². The average Bonchev–Trinajstić information content (AvgIpc) is 2.86. The summed E-state index contributed by atoms with van der Waals surface area (Å²) in [7, 11) is 3.11. The van der Waals surface area contributed by atoms with Crippen molar-refractivity contribution < 1.29 is 0 Å². The Hall–Kier alpha value is -1.73. The van der Waals surface area contributed by atoms with Gasteiger partial charge in [-0.15, -0.1) is 11.3 Å². The molecule has 0 aliphatic heterocycles. The highest BCUT2D eigenvalue weighted by Crippen LogP contribution is 2.00. The number of hydrogen-bond donors (Lipinski definition) is 1. The number of aromatic nitrogens is 3. The molecule has 2 heterocycles. The molecule has 6 nitrogen and oxygen atoms in total. The van der Waals surface area contributed by atoms with Crippen molar-refractivity contribution in [2.75, 3.05) is 0 Å². The minimum atomic E-state index is -0.316. The van der Waals surface area contributed by atoms with E-state index in [1.54, 1.807) is 18.8 Å². The SMILES string of the molecule is Cn1cc(CNCc2cscn2)c(=O)n(C)c1=O. The molecule has 0 spiro atoms. The fourth-order valence-corrected chi connectivity index (χ4v) is 2.21. The zero-order chi connectivity index (χ0) is 13.1. The molecule has 0 fully saturated rings. The van der Waals surface area contributed by atoms with E-state index in [1.807, 2.05) is 5.38 Å². The van der Waals surface area contributed by atoms with Crippen LogP contribution in [0.2, 0.25) is 0 Å². The lowest BCUT2D eigenvalue weighted by Gasteiger charge is -2.07. The average molecular weight is 266 g/mol. The summed E-state index contributed by atoms with van der Waals surface area (Å²) < 4.78 is 2.51. The van der Waals surface area contributed by atoms with Crippen LogP contribution in [0.1, 0.15) is 11.3 Å². The molecular weight excluding hydrogens is 252 g/mol. The zero-order valence-corrected chi connectivity index (χ0v) is 11.0. The lowest BCUT2D eigenvalue weighted by Crippen LogP contribution is -2.39. The van der Waals surface area contributed by atoms with Gasteiger partial charge in [-0.2, -0.15) is 0 Å². The summed E-state index contributed by atoms with van der Waals surface area (Å²) in [5, 5.41) is 5.08. The fourth-order valence-electron chi connectivity index (χ4n) is 1.65. The molecule has 0 atom stereocenters. The molecule has 0 bridgehead atoms. The van der Waals surface area contributed by atoms with Crippen LogP contribution in [0.25, 0.3) is 0 Å². The minimum Gasteiger partial charge on any atom is -0.307 e. The van der Waals surface area contributed by atoms with Gasteiger partial charge in [0.25, 0.3) is 5.56 Å². The summed E-state index contributed by atoms with van der Waals surface area (Å²) in [6.45, 7) is 1.02. The quantitative estimate of drug-likeness (QED) is 0.834. The maximum Gasteiger partial charge on any atom is 0.330 e. The minimum absolute atomic E-state index is 0.260. The van der Waals surface area contributed by atoms with Gasteiger partial charge in [0, 0.05) is 44.3 Å². The lowest BCUT2D eigenvalue weighted by atomic mass is 10.3. The number of rotatable bonds is 4. The van der Waals surface area contributed by atoms with Crippen LogP contribution in [0.5, 0.6) is 0 Å². The van der Waals surface area contributed by atoms with Gasteiger partial charge in [0.2, 0.25) is 0 Å². The lowest BCUT2D eigenvalue weighted by molar-refractivity contribution is 0.627. The summed E-state index contributed by atoms with van der Waals surface area (Å²) >= 11 is 1.53. The molecular formula is C11H14N4O2S. The van der Waals surface area contributed by atoms with E-state index in [2.05, 4.69) is 10.3 Å². The first kappa shape index (κ1) is 12.7. The second kappa shape index (κ2) is 5.28. The maximum atomic E-state index is 11.8. The predicted molar refractivity (Wildman–Crippen MR) is 69.6 cm³/mol. The molecule has 0 aromatic carbocycles. The van der Waals surface area contributed by atoms with E-state index in [4.69, 9.17) is 0 Å². The highest BCUT2D eigenvalue weighted by atomic mass is 32.1. The van der Waals surface area contributed by atoms with Gasteiger partial charge in [-0.25, -0.2) is 9.78 Å². The van der Waals surface area contributed by atoms with Crippen LogP contribution in [0.15, 0.2) is 26.7 Å². The Kier molecular flexibility index (Phi) is 3.73. The second-order valence-electron chi connectivity index (χ2n) is 4.00. The molecule has 0 radical (unpaired) electrons. The number of nitrogens with zero attached hydrogens (tertiary/aromatic N) is 3. The Balaban J connectivity index is 2.10. The summed E-state index contributed by atoms with van der Waals surface area (Å²) in [6.07, 6.45) is 1.57. The molecule has 0 aliphatic rings. The first-order chi connectivity index (χ1) is 8.59. The van der Waals surface area contributed by atoms with E-state index in [9.17, 15) is 9.59 Å². The summed E-state index contributed by atoms with van der Waals surface area (Å²) in [5.74, 6) is 0. The fraction of sp³-hybridized carbons (Fsp3) is 0.364. The Labute approximate surface area is 108 Å². The van der Waals surface area contributed by atoms with Gasteiger partial charge in [-0.3, -0.25) is 9.36 Å². The van der Waals surface area contributed by atoms with Gasteiger partial charge in [-0.1, -0.05) is 0 Å². The summed E-state index contributed by atoms with van der Waals surface area (Å²) in [5.41, 5.74) is 2.70. The van der Waals surface area contributed by atoms with Crippen molar-refractivity contribution in [2.45, 2.75) is 13.1 Å². The van der Waals surface area contributed by atoms with Crippen molar-refractivity contribution in [1.29, 1.82) is 0 Å². The van der Waals surface area contributed by atoms with E-state index in [1.165, 1.54) is 23.0 Å². The largest absolute Gasteiger partial charge is 0.330 e. The van der Waals surface area contributed by atoms with Crippen LogP contribution < -0.4 is 16.6 Å². The number of nitrogens with one attached hydrogen (secondary N) is 1. The Bertz CT molecular complexity index is 642. The molecule has 18 heavy (non-hydrogen) atoms. The molecule has 0 unspecified atom stereocenters. The van der Waals surface area contributed by atoms with Crippen LogP contribution in [0, 0.1) is 0 Å². The molecule has 0 amide bonds. The Morgan fingerprint density at radius 3 is 2.78 bits per heavy atom. The van der Waals surface area contributed by atoms with Crippen LogP contribution in [0.3, 0.4) is 0 Å². The van der Waals surface area contributed by atoms with Crippen LogP contribution in [-0.2, 0) is 27.2 Å². The Morgan fingerprint density at radius 2 is 2.11 bits per heavy atom. The third kappa shape index (κ3) is 2.57. The molecule has 2 rings (SSSR count). The third-order valence-corrected chi connectivity index (χ3v) is 3.26. The normalized spacial score (nSPS) is 10.8. The molecule has 0 saturated heterocycles. The van der Waals surface area contributed by atoms with Crippen molar-refractivity contribution in [1.82, 2.24) is 19.4 Å². The monoisotopic (exact) mass is 266 g/mol. The zero-order valence-electron chi connectivity index (χ0n) is 10.2. The highest BCUT2D eigenvalue weighted by Gasteiger charge is 2.06. The summed E-state index contributed by atoms with van der Waals surface area (Å²) in [6, 6.07) is 0. The first-order valence-electron chi connectivity index (χ1n) is 5.43. The summed E-state index contributed by atoms with van der Waals surface area (Å²) in [4.78, 5) is 27.5. The van der Waals surface area contributed by atoms with Crippen molar-refractivity contribution in [2.24, 2.45) is 14.1 Å². The highest BCUT2D eigenvalue weighted by molar-refractivity contribution is 7.07. The molecule has 0 aliphatic carbocycles. The van der Waals surface area contributed by atoms with Crippen molar-refractivity contribution >= 4 is 11.3 Å². The van der Waals surface area contributed by atoms with Gasteiger partial charge in [0.05, 0.1) is 11.2 Å². The molecule has 96 valence electrons. The molecule has 2 aromatic heterocycles. The van der Waals surface area contributed by atoms with Crippen LogP contribution in [-0.4, -0.2) is 14.1 Å². The van der Waals surface area contributed by atoms with E-state index in [-0.39, 0.29) is 11.2 Å². The number of aryl methyl sites for hydroxylation is 1. The van der Waals surface area contributed by atoms with Crippen molar-refractivity contribution in [3.05, 3.63) is 49.2 Å². The molecule has 7 heteroatoms. The first-order valence-corrected chi connectivity index (χ1v) is 6.37. The van der Waals surface area contributed by atoms with Gasteiger partial charge in [-0.05, 0) is 0 Å². The van der Waals surface area contributed by atoms with Crippen LogP contribution >= 0.6 is 11.3 Å². The van der Waals surface area contributed by atoms with E-state index < -0.39 is 0 Å². The van der Waals surface area contributed by atoms with Crippen molar-refractivity contribution in [3.8, 4) is 0 Å². The van der Waals surface area contributed by atoms with Crippen molar-refractivity contribution in [3.63, 3.8) is 0 Å². The van der Waals surface area contributed by atoms with E-state index in [0.29, 0.717) is 18.7 Å². The predicted octanol–water partition coefficient (Wildman–Crippen LogP) is -0.170. The van der Waals surface area contributed by atoms with E-state index >= 15 is 0 Å². The molecule has 0 saturated carbocycles. The van der Waals surface area contributed by atoms with E-state index in [0.717, 1.165) is 10.3 Å². The molecule has 1 N–H and O–H groups in total. The van der Waals surface area contributed by atoms with Gasteiger partial charge in [0.15, 0.2) is 0 Å². The number of thiazole rings is 1. The standard InChI is InChI=1S/C11H14N4O2S/c1-14-5-8(10(16)15(2)11(14)17)3-12-4-9-6-18-7-13-9/h5-7,12H,3-4H2,1-2H3. The van der Waals surface area contributed by atoms with Gasteiger partial charge >= 0.3 is 5.69 Å². The van der Waals surface area contributed by atoms with Gasteiger partial charge in [0.1, 0.15) is 0 Å². The molecule has 2 aromatic rings. The second-order valence-corrected chi connectivity index (χ2v) is 4.71. The maximum absolute atomic E-state index is 11.8.